The average Bonchev–Trinajstić information content (AvgIpc) is 2.75. The minimum Gasteiger partial charge on any atom is -0.478 e. The van der Waals surface area contributed by atoms with E-state index in [4.69, 9.17) is 16.7 Å². The normalized spacial score (nSPS) is 10.4. The molecule has 0 atom stereocenters. The molecule has 3 N–H and O–H groups in total. The van der Waals surface area contributed by atoms with E-state index in [0.29, 0.717) is 16.4 Å². The maximum Gasteiger partial charge on any atom is 0.335 e. The number of carbonyl (C=O) groups is 3. The van der Waals surface area contributed by atoms with Crippen LogP contribution in [-0.4, -0.2) is 28.6 Å². The smallest absolute Gasteiger partial charge is 0.335 e. The molecule has 0 radical (unpaired) electrons. The van der Waals surface area contributed by atoms with E-state index in [0.717, 1.165) is 16.0 Å². The second-order valence-corrected chi connectivity index (χ2v) is 8.54. The third-order valence-corrected chi connectivity index (χ3v) is 5.77. The molecule has 0 fully saturated rings. The van der Waals surface area contributed by atoms with Crippen molar-refractivity contribution in [3.63, 3.8) is 0 Å². The van der Waals surface area contributed by atoms with Crippen LogP contribution in [0.25, 0.3) is 0 Å². The molecular weight excluding hydrogens is 448 g/mol. The van der Waals surface area contributed by atoms with Crippen LogP contribution < -0.4 is 10.6 Å². The van der Waals surface area contributed by atoms with Crippen LogP contribution in [0.5, 0.6) is 0 Å². The summed E-state index contributed by atoms with van der Waals surface area (Å²) in [6.07, 6.45) is 0.228. The van der Waals surface area contributed by atoms with Crippen LogP contribution in [0.3, 0.4) is 0 Å². The van der Waals surface area contributed by atoms with Gasteiger partial charge >= 0.3 is 5.97 Å². The van der Waals surface area contributed by atoms with E-state index in [1.807, 2.05) is 6.07 Å². The average molecular weight is 469 g/mol. The Hall–Kier alpha value is -3.29. The van der Waals surface area contributed by atoms with Crippen molar-refractivity contribution in [2.45, 2.75) is 18.2 Å². The van der Waals surface area contributed by atoms with E-state index in [1.165, 1.54) is 23.9 Å². The number of aromatic carboxylic acids is 1. The van der Waals surface area contributed by atoms with Crippen molar-refractivity contribution < 1.29 is 19.5 Å². The summed E-state index contributed by atoms with van der Waals surface area (Å²) in [6, 6.07) is 18.9. The van der Waals surface area contributed by atoms with E-state index in [-0.39, 0.29) is 29.6 Å². The van der Waals surface area contributed by atoms with Gasteiger partial charge in [0.05, 0.1) is 17.7 Å². The van der Waals surface area contributed by atoms with Gasteiger partial charge < -0.3 is 15.7 Å². The second-order valence-electron chi connectivity index (χ2n) is 7.05. The van der Waals surface area contributed by atoms with Crippen LogP contribution in [0.2, 0.25) is 5.02 Å². The molecule has 0 bridgehead atoms. The molecule has 0 aromatic heterocycles. The predicted molar refractivity (Wildman–Crippen MR) is 128 cm³/mol. The van der Waals surface area contributed by atoms with E-state index in [1.54, 1.807) is 55.5 Å². The molecule has 6 nitrogen and oxygen atoms in total. The van der Waals surface area contributed by atoms with Crippen LogP contribution in [0.4, 0.5) is 11.4 Å². The van der Waals surface area contributed by atoms with Gasteiger partial charge in [0.1, 0.15) is 0 Å². The fourth-order valence-corrected chi connectivity index (χ4v) is 3.76. The molecule has 0 heterocycles. The molecule has 3 aromatic rings. The lowest BCUT2D eigenvalue weighted by Gasteiger charge is -2.10. The number of amides is 2. The summed E-state index contributed by atoms with van der Waals surface area (Å²) in [6.45, 7) is 1.80. The van der Waals surface area contributed by atoms with Crippen LogP contribution in [0, 0.1) is 6.92 Å². The van der Waals surface area contributed by atoms with Crippen LogP contribution >= 0.6 is 23.4 Å². The quantitative estimate of drug-likeness (QED) is 0.392. The third-order valence-electron chi connectivity index (χ3n) is 4.52. The van der Waals surface area contributed by atoms with Crippen molar-refractivity contribution in [2.24, 2.45) is 0 Å². The maximum absolute atomic E-state index is 12.4. The molecule has 0 saturated carbocycles. The van der Waals surface area contributed by atoms with Crippen LogP contribution in [0.1, 0.15) is 21.5 Å². The van der Waals surface area contributed by atoms with Crippen molar-refractivity contribution in [3.05, 3.63) is 88.4 Å². The molecule has 0 aliphatic carbocycles. The van der Waals surface area contributed by atoms with E-state index < -0.39 is 5.97 Å². The Morgan fingerprint density at radius 2 is 1.69 bits per heavy atom. The third kappa shape index (κ3) is 6.87. The largest absolute Gasteiger partial charge is 0.478 e. The number of nitrogens with one attached hydrogen (secondary N) is 2. The SMILES string of the molecule is Cc1ccc(C(=O)O)cc1NC(=O)CSc1cccc(NC(=O)Cc2ccc(Cl)cc2)c1. The zero-order chi connectivity index (χ0) is 23.1. The van der Waals surface area contributed by atoms with Crippen LogP contribution in [-0.2, 0) is 16.0 Å². The Kier molecular flexibility index (Phi) is 7.92. The minimum absolute atomic E-state index is 0.112. The zero-order valence-corrected chi connectivity index (χ0v) is 18.8. The van der Waals surface area contributed by atoms with Gasteiger partial charge in [-0.15, -0.1) is 11.8 Å². The summed E-state index contributed by atoms with van der Waals surface area (Å²) in [5, 5.41) is 15.3. The Morgan fingerprint density at radius 3 is 2.41 bits per heavy atom. The minimum atomic E-state index is -1.05. The number of benzene rings is 3. The van der Waals surface area contributed by atoms with E-state index >= 15 is 0 Å². The molecule has 164 valence electrons. The van der Waals surface area contributed by atoms with Crippen molar-refractivity contribution >= 4 is 52.5 Å². The number of aryl methyl sites for hydroxylation is 1. The number of hydrogen-bond donors (Lipinski definition) is 3. The number of halogens is 1. The highest BCUT2D eigenvalue weighted by atomic mass is 35.5. The molecule has 3 aromatic carbocycles. The van der Waals surface area contributed by atoms with E-state index in [9.17, 15) is 14.4 Å². The molecule has 0 aliphatic heterocycles. The van der Waals surface area contributed by atoms with Crippen molar-refractivity contribution in [1.29, 1.82) is 0 Å². The second kappa shape index (κ2) is 10.8. The monoisotopic (exact) mass is 468 g/mol. The molecule has 0 saturated heterocycles. The first-order valence-electron chi connectivity index (χ1n) is 9.71. The number of hydrogen-bond acceptors (Lipinski definition) is 4. The molecule has 3 rings (SSSR count). The van der Waals surface area contributed by atoms with Gasteiger partial charge in [-0.1, -0.05) is 35.9 Å². The van der Waals surface area contributed by atoms with Gasteiger partial charge in [-0.25, -0.2) is 4.79 Å². The highest BCUT2D eigenvalue weighted by Gasteiger charge is 2.10. The summed E-state index contributed by atoms with van der Waals surface area (Å²) in [5.41, 5.74) is 2.86. The molecule has 2 amide bonds. The van der Waals surface area contributed by atoms with Gasteiger partial charge in [0.15, 0.2) is 0 Å². The van der Waals surface area contributed by atoms with Crippen molar-refractivity contribution in [3.8, 4) is 0 Å². The topological polar surface area (TPSA) is 95.5 Å². The van der Waals surface area contributed by atoms with Gasteiger partial charge in [-0.05, 0) is 60.5 Å². The van der Waals surface area contributed by atoms with E-state index in [2.05, 4.69) is 10.6 Å². The lowest BCUT2D eigenvalue weighted by atomic mass is 10.1. The molecule has 0 unspecified atom stereocenters. The first-order valence-corrected chi connectivity index (χ1v) is 11.1. The molecular formula is C24H21ClN2O4S. The van der Waals surface area contributed by atoms with Gasteiger partial charge in [-0.3, -0.25) is 9.59 Å². The first-order chi connectivity index (χ1) is 15.3. The lowest BCUT2D eigenvalue weighted by Crippen LogP contribution is -2.15. The number of anilines is 2. The number of thioether (sulfide) groups is 1. The summed E-state index contributed by atoms with van der Waals surface area (Å²) in [7, 11) is 0. The van der Waals surface area contributed by atoms with Crippen molar-refractivity contribution in [1.82, 2.24) is 0 Å². The first kappa shape index (κ1) is 23.4. The summed E-state index contributed by atoms with van der Waals surface area (Å²) >= 11 is 7.18. The fraction of sp³-hybridized carbons (Fsp3) is 0.125. The number of carboxylic acids is 1. The fourth-order valence-electron chi connectivity index (χ4n) is 2.88. The zero-order valence-electron chi connectivity index (χ0n) is 17.2. The number of carboxylic acid groups (broad SMARTS) is 1. The van der Waals surface area contributed by atoms with Gasteiger partial charge in [0.25, 0.3) is 0 Å². The molecule has 0 spiro atoms. The summed E-state index contributed by atoms with van der Waals surface area (Å²) < 4.78 is 0. The highest BCUT2D eigenvalue weighted by molar-refractivity contribution is 8.00. The standard InChI is InChI=1S/C24H21ClN2O4S/c1-15-5-8-17(24(30)31)12-21(15)27-23(29)14-32-20-4-2-3-19(13-20)26-22(28)11-16-6-9-18(25)10-7-16/h2-10,12-13H,11,14H2,1H3,(H,26,28)(H,27,29)(H,30,31). The van der Waals surface area contributed by atoms with Crippen molar-refractivity contribution in [2.75, 3.05) is 16.4 Å². The predicted octanol–water partition coefficient (Wildman–Crippen LogP) is 5.26. The summed E-state index contributed by atoms with van der Waals surface area (Å²) in [4.78, 5) is 36.6. The Bertz CT molecular complexity index is 1150. The van der Waals surface area contributed by atoms with Gasteiger partial charge in [0.2, 0.25) is 11.8 Å². The molecule has 8 heteroatoms. The maximum atomic E-state index is 12.4. The lowest BCUT2D eigenvalue weighted by molar-refractivity contribution is -0.115. The van der Waals surface area contributed by atoms with Gasteiger partial charge in [0, 0.05) is 21.3 Å². The molecule has 0 aliphatic rings. The van der Waals surface area contributed by atoms with Gasteiger partial charge in [-0.2, -0.15) is 0 Å². The Balaban J connectivity index is 1.55. The highest BCUT2D eigenvalue weighted by Crippen LogP contribution is 2.23. The van der Waals surface area contributed by atoms with Crippen LogP contribution in [0.15, 0.2) is 71.6 Å². The molecule has 32 heavy (non-hydrogen) atoms. The Morgan fingerprint density at radius 1 is 0.938 bits per heavy atom. The Labute approximate surface area is 195 Å². The summed E-state index contributed by atoms with van der Waals surface area (Å²) in [5.74, 6) is -1.32. The number of rotatable bonds is 8. The number of carbonyl (C=O) groups excluding carboxylic acids is 2.